The molecule has 1 aliphatic heterocycles. The smallest absolute Gasteiger partial charge is 0.123 e. The molecule has 0 bridgehead atoms. The summed E-state index contributed by atoms with van der Waals surface area (Å²) in [5, 5.41) is 7.38. The van der Waals surface area contributed by atoms with E-state index in [4.69, 9.17) is 0 Å². The van der Waals surface area contributed by atoms with Crippen LogP contribution in [0.2, 0.25) is 0 Å². The first kappa shape index (κ1) is 16.9. The molecular weight excluding hydrogens is 301 g/mol. The van der Waals surface area contributed by atoms with Gasteiger partial charge in [0.25, 0.3) is 0 Å². The van der Waals surface area contributed by atoms with Crippen LogP contribution < -0.4 is 0 Å². The number of aromatic amines is 1. The molecular formula is C20H26FN3. The molecule has 3 rings (SSSR count). The lowest BCUT2D eigenvalue weighted by atomic mass is 9.89. The fourth-order valence-corrected chi connectivity index (χ4v) is 3.38. The molecule has 0 aliphatic carbocycles. The van der Waals surface area contributed by atoms with Gasteiger partial charge in [-0.05, 0) is 49.5 Å². The van der Waals surface area contributed by atoms with Gasteiger partial charge in [-0.25, -0.2) is 4.39 Å². The van der Waals surface area contributed by atoms with E-state index in [0.29, 0.717) is 11.8 Å². The Morgan fingerprint density at radius 1 is 1.33 bits per heavy atom. The lowest BCUT2D eigenvalue weighted by molar-refractivity contribution is 0.231. The zero-order valence-electron chi connectivity index (χ0n) is 14.5. The Labute approximate surface area is 143 Å². The first-order chi connectivity index (χ1) is 11.6. The van der Waals surface area contributed by atoms with Crippen molar-refractivity contribution in [1.82, 2.24) is 15.1 Å². The van der Waals surface area contributed by atoms with Gasteiger partial charge in [0.15, 0.2) is 0 Å². The van der Waals surface area contributed by atoms with E-state index >= 15 is 0 Å². The van der Waals surface area contributed by atoms with Crippen LogP contribution in [0.4, 0.5) is 4.39 Å². The fraction of sp³-hybridized carbons (Fsp3) is 0.450. The van der Waals surface area contributed by atoms with Crippen LogP contribution in [0.25, 0.3) is 11.1 Å². The van der Waals surface area contributed by atoms with Crippen molar-refractivity contribution in [2.24, 2.45) is 5.92 Å². The van der Waals surface area contributed by atoms with Gasteiger partial charge in [-0.2, -0.15) is 5.10 Å². The van der Waals surface area contributed by atoms with Crippen molar-refractivity contribution in [3.05, 3.63) is 54.1 Å². The van der Waals surface area contributed by atoms with Crippen molar-refractivity contribution in [3.8, 4) is 11.1 Å². The van der Waals surface area contributed by atoms with Crippen LogP contribution in [0, 0.1) is 11.7 Å². The standard InChI is InChI=1S/C20H26FN3/c1-15(2)5-4-10-24-11-8-16(9-12-24)20-19(14-22-23-20)17-6-3-7-18(21)13-17/h3-7,13-16H,8-12H2,1-2H3,(H,22,23)/b5-4+. The zero-order chi connectivity index (χ0) is 16.9. The number of halogens is 1. The predicted octanol–water partition coefficient (Wildman–Crippen LogP) is 4.61. The van der Waals surface area contributed by atoms with E-state index in [9.17, 15) is 4.39 Å². The number of aromatic nitrogens is 2. The molecule has 0 unspecified atom stereocenters. The van der Waals surface area contributed by atoms with Crippen LogP contribution in [-0.2, 0) is 0 Å². The molecule has 1 aromatic heterocycles. The average molecular weight is 327 g/mol. The summed E-state index contributed by atoms with van der Waals surface area (Å²) >= 11 is 0. The summed E-state index contributed by atoms with van der Waals surface area (Å²) in [4.78, 5) is 2.49. The molecule has 1 aromatic carbocycles. The van der Waals surface area contributed by atoms with Gasteiger partial charge in [0.1, 0.15) is 5.82 Å². The Hall–Kier alpha value is -1.94. The largest absolute Gasteiger partial charge is 0.300 e. The molecule has 0 spiro atoms. The second-order valence-corrected chi connectivity index (χ2v) is 6.95. The van der Waals surface area contributed by atoms with E-state index in [2.05, 4.69) is 41.1 Å². The highest BCUT2D eigenvalue weighted by Gasteiger charge is 2.24. The van der Waals surface area contributed by atoms with Crippen molar-refractivity contribution >= 4 is 0 Å². The SMILES string of the molecule is CC(C)/C=C/CN1CCC(c2[nH]ncc2-c2cccc(F)c2)CC1. The van der Waals surface area contributed by atoms with Gasteiger partial charge in [-0.15, -0.1) is 0 Å². The predicted molar refractivity (Wildman–Crippen MR) is 96.4 cm³/mol. The number of benzene rings is 1. The molecule has 4 heteroatoms. The number of likely N-dealkylation sites (tertiary alicyclic amines) is 1. The second kappa shape index (κ2) is 7.75. The first-order valence-corrected chi connectivity index (χ1v) is 8.81. The maximum Gasteiger partial charge on any atom is 0.123 e. The molecule has 0 atom stereocenters. The van der Waals surface area contributed by atoms with Crippen LogP contribution in [0.15, 0.2) is 42.6 Å². The molecule has 2 heterocycles. The second-order valence-electron chi connectivity index (χ2n) is 6.95. The molecule has 1 saturated heterocycles. The van der Waals surface area contributed by atoms with Gasteiger partial charge in [-0.3, -0.25) is 10.00 Å². The quantitative estimate of drug-likeness (QED) is 0.813. The summed E-state index contributed by atoms with van der Waals surface area (Å²) in [6.07, 6.45) is 8.59. The number of H-pyrrole nitrogens is 1. The third-order valence-electron chi connectivity index (χ3n) is 4.68. The van der Waals surface area contributed by atoms with Crippen molar-refractivity contribution < 1.29 is 4.39 Å². The molecule has 1 N–H and O–H groups in total. The van der Waals surface area contributed by atoms with E-state index < -0.39 is 0 Å². The van der Waals surface area contributed by atoms with E-state index in [1.165, 1.54) is 6.07 Å². The average Bonchev–Trinajstić information content (AvgIpc) is 3.05. The normalized spacial score (nSPS) is 17.2. The molecule has 3 nitrogen and oxygen atoms in total. The summed E-state index contributed by atoms with van der Waals surface area (Å²) in [5.74, 6) is 0.879. The van der Waals surface area contributed by atoms with Crippen molar-refractivity contribution in [1.29, 1.82) is 0 Å². The van der Waals surface area contributed by atoms with Crippen LogP contribution >= 0.6 is 0 Å². The number of hydrogen-bond donors (Lipinski definition) is 1. The molecule has 1 fully saturated rings. The third kappa shape index (κ3) is 4.12. The van der Waals surface area contributed by atoms with Gasteiger partial charge in [-0.1, -0.05) is 38.1 Å². The molecule has 2 aromatic rings. The molecule has 1 aliphatic rings. The van der Waals surface area contributed by atoms with Crippen LogP contribution in [0.1, 0.15) is 38.3 Å². The number of piperidine rings is 1. The molecule has 0 amide bonds. The summed E-state index contributed by atoms with van der Waals surface area (Å²) in [7, 11) is 0. The highest BCUT2D eigenvalue weighted by Crippen LogP contribution is 2.33. The molecule has 0 radical (unpaired) electrons. The molecule has 24 heavy (non-hydrogen) atoms. The Balaban J connectivity index is 1.64. The Morgan fingerprint density at radius 3 is 2.83 bits per heavy atom. The zero-order valence-corrected chi connectivity index (χ0v) is 14.5. The van der Waals surface area contributed by atoms with E-state index in [0.717, 1.165) is 49.3 Å². The number of nitrogens with zero attached hydrogens (tertiary/aromatic N) is 2. The van der Waals surface area contributed by atoms with E-state index in [1.807, 2.05) is 12.3 Å². The third-order valence-corrected chi connectivity index (χ3v) is 4.68. The van der Waals surface area contributed by atoms with Gasteiger partial charge < -0.3 is 0 Å². The van der Waals surface area contributed by atoms with Crippen molar-refractivity contribution in [2.45, 2.75) is 32.6 Å². The molecule has 0 saturated carbocycles. The van der Waals surface area contributed by atoms with Gasteiger partial charge in [0.2, 0.25) is 0 Å². The summed E-state index contributed by atoms with van der Waals surface area (Å²) in [5.41, 5.74) is 3.09. The van der Waals surface area contributed by atoms with E-state index in [1.54, 1.807) is 12.1 Å². The Morgan fingerprint density at radius 2 is 2.12 bits per heavy atom. The summed E-state index contributed by atoms with van der Waals surface area (Å²) < 4.78 is 13.5. The van der Waals surface area contributed by atoms with Gasteiger partial charge >= 0.3 is 0 Å². The lowest BCUT2D eigenvalue weighted by Crippen LogP contribution is -2.33. The molecule has 128 valence electrons. The number of allylic oxidation sites excluding steroid dienone is 1. The van der Waals surface area contributed by atoms with E-state index in [-0.39, 0.29) is 5.82 Å². The summed E-state index contributed by atoms with van der Waals surface area (Å²) in [6, 6.07) is 6.76. The minimum atomic E-state index is -0.202. The Kier molecular flexibility index (Phi) is 5.46. The summed E-state index contributed by atoms with van der Waals surface area (Å²) in [6.45, 7) is 7.62. The lowest BCUT2D eigenvalue weighted by Gasteiger charge is -2.31. The maximum absolute atomic E-state index is 13.5. The van der Waals surface area contributed by atoms with Crippen LogP contribution in [0.5, 0.6) is 0 Å². The van der Waals surface area contributed by atoms with Crippen molar-refractivity contribution in [3.63, 3.8) is 0 Å². The Bertz CT molecular complexity index is 682. The highest BCUT2D eigenvalue weighted by molar-refractivity contribution is 5.65. The number of hydrogen-bond acceptors (Lipinski definition) is 2. The van der Waals surface area contributed by atoms with Gasteiger partial charge in [0.05, 0.1) is 6.20 Å². The number of rotatable bonds is 5. The minimum absolute atomic E-state index is 0.202. The highest BCUT2D eigenvalue weighted by atomic mass is 19.1. The van der Waals surface area contributed by atoms with Crippen LogP contribution in [-0.4, -0.2) is 34.7 Å². The topological polar surface area (TPSA) is 31.9 Å². The van der Waals surface area contributed by atoms with Gasteiger partial charge in [0, 0.05) is 23.7 Å². The first-order valence-electron chi connectivity index (χ1n) is 8.81. The van der Waals surface area contributed by atoms with Crippen LogP contribution in [0.3, 0.4) is 0 Å². The van der Waals surface area contributed by atoms with Crippen molar-refractivity contribution in [2.75, 3.05) is 19.6 Å². The number of nitrogens with one attached hydrogen (secondary N) is 1. The monoisotopic (exact) mass is 327 g/mol. The fourth-order valence-electron chi connectivity index (χ4n) is 3.38. The minimum Gasteiger partial charge on any atom is -0.300 e. The maximum atomic E-state index is 13.5.